The van der Waals surface area contributed by atoms with E-state index in [-0.39, 0.29) is 0 Å². The first kappa shape index (κ1) is 11.0. The molecule has 0 aliphatic heterocycles. The first-order valence-corrected chi connectivity index (χ1v) is 8.24. The van der Waals surface area contributed by atoms with Gasteiger partial charge in [0.2, 0.25) is 0 Å². The Labute approximate surface area is 182 Å². The van der Waals surface area contributed by atoms with Crippen LogP contribution in [0, 0.1) is 5.41 Å². The van der Waals surface area contributed by atoms with E-state index in [0.29, 0.717) is 0 Å². The fraction of sp³-hybridized carbons (Fsp3) is 0.458. The average molecular weight is 385 g/mol. The van der Waals surface area contributed by atoms with Crippen LogP contribution in [0.1, 0.15) is 75.5 Å². The van der Waals surface area contributed by atoms with Gasteiger partial charge in [-0.2, -0.15) is 0 Å². The second-order valence-electron chi connectivity index (χ2n) is 5.55. The molecule has 0 aliphatic rings. The summed E-state index contributed by atoms with van der Waals surface area (Å²) in [6.45, 7) is 3.54. The summed E-state index contributed by atoms with van der Waals surface area (Å²) in [7, 11) is 0. The fourth-order valence-electron chi connectivity index (χ4n) is 1.29. The van der Waals surface area contributed by atoms with Crippen molar-refractivity contribution in [2.45, 2.75) is 65.1 Å². The number of aliphatic hydroxyl groups is 1. The number of allylic oxidation sites excluding steroid dienone is 10. The lowest BCUT2D eigenvalue weighted by molar-refractivity contribution is -0.146. The van der Waals surface area contributed by atoms with Gasteiger partial charge in [0.1, 0.15) is 0 Å². The average Bonchev–Trinajstić information content (AvgIpc) is 2.76. The molecule has 2 N–H and O–H groups in total. The van der Waals surface area contributed by atoms with Crippen LogP contribution in [0.15, 0.2) is 72.9 Å². The zero-order valence-electron chi connectivity index (χ0n) is 27.8. The van der Waals surface area contributed by atoms with E-state index in [1.54, 1.807) is 0 Å². The monoisotopic (exact) mass is 384 g/mol. The van der Waals surface area contributed by atoms with Crippen molar-refractivity contribution in [1.82, 2.24) is 0 Å². The van der Waals surface area contributed by atoms with Gasteiger partial charge in [0.25, 0.3) is 0 Å². The molecule has 3 nitrogen and oxygen atoms in total. The van der Waals surface area contributed by atoms with Gasteiger partial charge in [0.05, 0.1) is 11.5 Å². The molecule has 0 saturated carbocycles. The van der Waals surface area contributed by atoms with Crippen LogP contribution in [0.4, 0.5) is 0 Å². The third kappa shape index (κ3) is 15.8. The van der Waals surface area contributed by atoms with Crippen LogP contribution in [0.3, 0.4) is 0 Å². The smallest absolute Gasteiger partial charge is 0.309 e. The van der Waals surface area contributed by atoms with Crippen molar-refractivity contribution in [3.63, 3.8) is 0 Å². The minimum Gasteiger partial charge on any atom is -0.481 e. The summed E-state index contributed by atoms with van der Waals surface area (Å²) in [5.74, 6) is -1.41. The summed E-state index contributed by atoms with van der Waals surface area (Å²) in [6.07, 6.45) is -3.78. The molecule has 1 atom stereocenters. The Kier molecular flexibility index (Phi) is 6.56. The molecule has 0 rings (SSSR count). The summed E-state index contributed by atoms with van der Waals surface area (Å²) in [4.78, 5) is 11.3. The molecule has 0 spiro atoms. The van der Waals surface area contributed by atoms with Crippen LogP contribution in [-0.4, -0.2) is 22.3 Å². The van der Waals surface area contributed by atoms with E-state index in [9.17, 15) is 15.0 Å². The molecule has 1 unspecified atom stereocenters. The fourth-order valence-corrected chi connectivity index (χ4v) is 1.29. The first-order valence-electron chi connectivity index (χ1n) is 14.2. The van der Waals surface area contributed by atoms with Crippen molar-refractivity contribution in [1.29, 1.82) is 0 Å². The summed E-state index contributed by atoms with van der Waals surface area (Å²) in [5, 5.41) is 19.3. The molecule has 0 radical (unpaired) electrons. The molecular formula is C24H36O3. The van der Waals surface area contributed by atoms with Gasteiger partial charge in [-0.25, -0.2) is 0 Å². The van der Waals surface area contributed by atoms with Gasteiger partial charge < -0.3 is 10.2 Å². The van der Waals surface area contributed by atoms with Crippen molar-refractivity contribution in [3.8, 4) is 0 Å². The number of carboxylic acids is 1. The highest BCUT2D eigenvalue weighted by atomic mass is 16.4. The van der Waals surface area contributed by atoms with Gasteiger partial charge in [-0.15, -0.1) is 0 Å². The Morgan fingerprint density at radius 1 is 0.926 bits per heavy atom. The van der Waals surface area contributed by atoms with E-state index in [0.717, 1.165) is 86.8 Å². The highest BCUT2D eigenvalue weighted by molar-refractivity contribution is 5.73. The van der Waals surface area contributed by atoms with Gasteiger partial charge in [-0.05, 0) is 52.1 Å². The lowest BCUT2D eigenvalue weighted by Gasteiger charge is -2.15. The second-order valence-corrected chi connectivity index (χ2v) is 5.55. The molecule has 0 fully saturated rings. The first-order chi connectivity index (χ1) is 17.1. The van der Waals surface area contributed by atoms with Gasteiger partial charge in [-0.3, -0.25) is 4.79 Å². The van der Waals surface area contributed by atoms with Crippen LogP contribution >= 0.6 is 0 Å². The van der Waals surface area contributed by atoms with E-state index in [2.05, 4.69) is 0 Å². The Morgan fingerprint density at radius 2 is 1.48 bits per heavy atom. The van der Waals surface area contributed by atoms with Crippen LogP contribution in [0.2, 0.25) is 0 Å². The summed E-state index contributed by atoms with van der Waals surface area (Å²) in [6, 6.07) is 0. The van der Waals surface area contributed by atoms with Crippen LogP contribution in [0.5, 0.6) is 0 Å². The van der Waals surface area contributed by atoms with Gasteiger partial charge in [-0.1, -0.05) is 79.8 Å². The van der Waals surface area contributed by atoms with E-state index in [1.165, 1.54) is 6.92 Å². The Hall–Kier alpha value is -2.13. The normalized spacial score (nSPS) is 24.6. The van der Waals surface area contributed by atoms with Gasteiger partial charge in [0.15, 0.2) is 0 Å². The lowest BCUT2D eigenvalue weighted by Crippen LogP contribution is -2.22. The number of carbonyl (C=O) groups is 1. The van der Waals surface area contributed by atoms with Gasteiger partial charge >= 0.3 is 5.97 Å². The number of aliphatic carboxylic acids is 1. The molecule has 0 bridgehead atoms. The van der Waals surface area contributed by atoms with Crippen molar-refractivity contribution in [3.05, 3.63) is 72.9 Å². The third-order valence-electron chi connectivity index (χ3n) is 2.82. The van der Waals surface area contributed by atoms with Crippen molar-refractivity contribution >= 4 is 5.97 Å². The summed E-state index contributed by atoms with van der Waals surface area (Å²) < 4.78 is 93.7. The summed E-state index contributed by atoms with van der Waals surface area (Å²) >= 11 is 0. The van der Waals surface area contributed by atoms with E-state index >= 15 is 0 Å². The molecule has 0 aliphatic carbocycles. The highest BCUT2D eigenvalue weighted by Crippen LogP contribution is 2.20. The zero-order chi connectivity index (χ0) is 31.1. The molecule has 150 valence electrons. The molecule has 0 saturated heterocycles. The largest absolute Gasteiger partial charge is 0.481 e. The summed E-state index contributed by atoms with van der Waals surface area (Å²) in [5.41, 5.74) is -1.84. The minimum atomic E-state index is -2.40. The number of aliphatic hydroxyl groups excluding tert-OH is 1. The van der Waals surface area contributed by atoms with Crippen molar-refractivity contribution in [2.75, 3.05) is 0 Å². The SMILES string of the molecule is [2H]C([2H])(C)/C=C\C([2H])([2H])/C=C\C([2H])([2H])C(O)/C=C/C=C\C([2H])([2H])/C=C\C([2H])([2H])/C=C\C([2H])([2H])C(C)(C)C(=O)O. The van der Waals surface area contributed by atoms with E-state index in [1.807, 2.05) is 0 Å². The Balaban J connectivity index is 5.40. The molecule has 0 aromatic carbocycles. The standard InChI is InChI=1S/C24H36O3/c1-4-5-6-7-13-16-19-22(25)20-17-14-11-9-8-10-12-15-18-21-24(2,3)23(26)27/h5-6,8,10-11,13-18,20,22,25H,4,7,9,12,19,21H2,1-3H3,(H,26,27)/b6-5-,10-8-,14-11-,16-13-,18-15-,20-17+/i4D2,7D2,9D2,12D2,19D2,21D2. The molecule has 3 heteroatoms. The molecule has 0 amide bonds. The van der Waals surface area contributed by atoms with Crippen molar-refractivity contribution < 1.29 is 31.5 Å². The lowest BCUT2D eigenvalue weighted by atomic mass is 9.89. The van der Waals surface area contributed by atoms with Gasteiger partial charge in [0, 0.05) is 16.4 Å². The number of carboxylic acid groups (broad SMARTS) is 1. The second kappa shape index (κ2) is 16.1. The number of hydrogen-bond donors (Lipinski definition) is 2. The molecular weight excluding hydrogens is 336 g/mol. The number of hydrogen-bond acceptors (Lipinski definition) is 2. The van der Waals surface area contributed by atoms with Crippen LogP contribution in [0.25, 0.3) is 0 Å². The topological polar surface area (TPSA) is 57.5 Å². The maximum absolute atomic E-state index is 11.3. The molecule has 0 aromatic heterocycles. The van der Waals surface area contributed by atoms with Crippen molar-refractivity contribution in [2.24, 2.45) is 5.41 Å². The number of rotatable bonds is 14. The molecule has 27 heavy (non-hydrogen) atoms. The maximum Gasteiger partial charge on any atom is 0.309 e. The molecule has 0 heterocycles. The van der Waals surface area contributed by atoms with E-state index < -0.39 is 55.7 Å². The highest BCUT2D eigenvalue weighted by Gasteiger charge is 2.24. The quantitative estimate of drug-likeness (QED) is 0.279. The minimum absolute atomic E-state index is 0.785. The third-order valence-corrected chi connectivity index (χ3v) is 2.82. The molecule has 0 aromatic rings. The van der Waals surface area contributed by atoms with Crippen LogP contribution in [-0.2, 0) is 4.79 Å². The predicted octanol–water partition coefficient (Wildman–Crippen LogP) is 6.16. The Bertz CT molecular complexity index is 1010. The van der Waals surface area contributed by atoms with E-state index in [4.69, 9.17) is 16.4 Å². The predicted molar refractivity (Wildman–Crippen MR) is 116 cm³/mol. The zero-order valence-corrected chi connectivity index (χ0v) is 15.8. The maximum atomic E-state index is 11.3. The Morgan fingerprint density at radius 3 is 2.11 bits per heavy atom. The van der Waals surface area contributed by atoms with Crippen LogP contribution < -0.4 is 0 Å².